The zero-order valence-corrected chi connectivity index (χ0v) is 16.9. The molecule has 154 valence electrons. The van der Waals surface area contributed by atoms with Gasteiger partial charge in [0.25, 0.3) is 0 Å². The summed E-state index contributed by atoms with van der Waals surface area (Å²) in [5.41, 5.74) is 2.38. The molecule has 0 saturated heterocycles. The molecule has 0 unspecified atom stereocenters. The highest BCUT2D eigenvalue weighted by Gasteiger charge is 2.27. The van der Waals surface area contributed by atoms with Crippen LogP contribution in [0.1, 0.15) is 18.4 Å². The van der Waals surface area contributed by atoms with Gasteiger partial charge in [0.05, 0.1) is 5.92 Å². The summed E-state index contributed by atoms with van der Waals surface area (Å²) in [7, 11) is 1.49. The topological polar surface area (TPSA) is 95.5 Å². The number of rotatable bonds is 8. The van der Waals surface area contributed by atoms with Crippen LogP contribution in [-0.4, -0.2) is 29.9 Å². The van der Waals surface area contributed by atoms with Gasteiger partial charge in [-0.25, -0.2) is 5.48 Å². The first-order chi connectivity index (χ1) is 15.0. The fraction of sp³-hybridized carbons (Fsp3) is 0.240. The largest absolute Gasteiger partial charge is 0.359 e. The third-order valence-electron chi connectivity index (χ3n) is 3.99. The van der Waals surface area contributed by atoms with E-state index in [0.717, 1.165) is 5.56 Å². The average Bonchev–Trinajstić information content (AvgIpc) is 2.79. The lowest BCUT2D eigenvalue weighted by Gasteiger charge is -2.17. The summed E-state index contributed by atoms with van der Waals surface area (Å²) >= 11 is 0. The molecule has 1 aromatic rings. The maximum atomic E-state index is 12.8. The van der Waals surface area contributed by atoms with Crippen LogP contribution >= 0.6 is 0 Å². The van der Waals surface area contributed by atoms with Crippen molar-refractivity contribution in [2.45, 2.75) is 19.3 Å². The van der Waals surface area contributed by atoms with E-state index >= 15 is 0 Å². The number of Topliss-reactive ketones (excluding diaryl/α,β-unsaturated/α-hetero) is 1. The van der Waals surface area contributed by atoms with Crippen LogP contribution in [0.2, 0.25) is 0 Å². The minimum Gasteiger partial charge on any atom is -0.359 e. The van der Waals surface area contributed by atoms with E-state index in [-0.39, 0.29) is 18.7 Å². The zero-order valence-electron chi connectivity index (χ0n) is 16.9. The van der Waals surface area contributed by atoms with Gasteiger partial charge in [-0.2, -0.15) is 0 Å². The van der Waals surface area contributed by atoms with Gasteiger partial charge in [0.15, 0.2) is 0 Å². The van der Waals surface area contributed by atoms with Gasteiger partial charge in [-0.1, -0.05) is 36.3 Å². The summed E-state index contributed by atoms with van der Waals surface area (Å²) in [4.78, 5) is 36.7. The van der Waals surface area contributed by atoms with E-state index in [1.54, 1.807) is 0 Å². The van der Waals surface area contributed by atoms with E-state index in [1.807, 2.05) is 30.3 Å². The molecule has 0 heterocycles. The van der Waals surface area contributed by atoms with Gasteiger partial charge in [0.2, 0.25) is 11.8 Å². The Kier molecular flexibility index (Phi) is 11.6. The number of hydroxylamine groups is 1. The molecule has 2 atom stereocenters. The molecule has 1 rings (SSSR count). The van der Waals surface area contributed by atoms with Gasteiger partial charge < -0.3 is 5.32 Å². The van der Waals surface area contributed by atoms with Crippen molar-refractivity contribution in [1.29, 1.82) is 0 Å². The second-order valence-corrected chi connectivity index (χ2v) is 6.13. The van der Waals surface area contributed by atoms with E-state index in [9.17, 15) is 14.4 Å². The molecule has 6 nitrogen and oxygen atoms in total. The van der Waals surface area contributed by atoms with Crippen LogP contribution in [0.3, 0.4) is 0 Å². The summed E-state index contributed by atoms with van der Waals surface area (Å²) < 4.78 is 0. The Hall–Kier alpha value is -4.41. The second kappa shape index (κ2) is 14.6. The van der Waals surface area contributed by atoms with Gasteiger partial charge in [-0.05, 0) is 59.3 Å². The number of amides is 2. The number of carbonyl (C=O) groups is 3. The van der Waals surface area contributed by atoms with E-state index < -0.39 is 23.5 Å². The Labute approximate surface area is 182 Å². The van der Waals surface area contributed by atoms with Gasteiger partial charge in [0.1, 0.15) is 5.78 Å². The van der Waals surface area contributed by atoms with E-state index in [4.69, 9.17) is 11.6 Å². The van der Waals surface area contributed by atoms with Gasteiger partial charge in [0, 0.05) is 25.8 Å². The molecule has 0 aromatic heterocycles. The molecule has 0 aliphatic rings. The predicted octanol–water partition coefficient (Wildman–Crippen LogP) is 0.709. The van der Waals surface area contributed by atoms with Crippen molar-refractivity contribution >= 4 is 17.6 Å². The second-order valence-electron chi connectivity index (χ2n) is 6.13. The molecule has 0 saturated carbocycles. The Bertz CT molecular complexity index is 1080. The molecule has 31 heavy (non-hydrogen) atoms. The smallest absolute Gasteiger partial charge is 0.245 e. The van der Waals surface area contributed by atoms with Crippen LogP contribution in [0.15, 0.2) is 30.3 Å². The Morgan fingerprint density at radius 3 is 2.16 bits per heavy atom. The lowest BCUT2D eigenvalue weighted by Crippen LogP contribution is -2.33. The third kappa shape index (κ3) is 10.1. The SMILES string of the molecule is C#CC#CC#CC#CC#C[C@H](CC(=O)NO)C(=O)C[C@@H](Cc1ccccc1)C(=O)NC. The third-order valence-corrected chi connectivity index (χ3v) is 3.99. The number of hydrogen-bond donors (Lipinski definition) is 3. The maximum Gasteiger partial charge on any atom is 0.245 e. The molecule has 6 heteroatoms. The van der Waals surface area contributed by atoms with Crippen molar-refractivity contribution in [2.75, 3.05) is 7.05 Å². The predicted molar refractivity (Wildman–Crippen MR) is 115 cm³/mol. The summed E-state index contributed by atoms with van der Waals surface area (Å²) in [6, 6.07) is 9.27. The summed E-state index contributed by atoms with van der Waals surface area (Å²) in [6.45, 7) is 0. The fourth-order valence-electron chi connectivity index (χ4n) is 2.54. The lowest BCUT2D eigenvalue weighted by molar-refractivity contribution is -0.134. The van der Waals surface area contributed by atoms with Crippen molar-refractivity contribution in [3.05, 3.63) is 35.9 Å². The van der Waals surface area contributed by atoms with Crippen LogP contribution in [0.5, 0.6) is 0 Å². The molecule has 1 aromatic carbocycles. The van der Waals surface area contributed by atoms with Crippen molar-refractivity contribution in [3.63, 3.8) is 0 Å². The first-order valence-corrected chi connectivity index (χ1v) is 9.19. The highest BCUT2D eigenvalue weighted by Crippen LogP contribution is 2.17. The zero-order chi connectivity index (χ0) is 22.9. The average molecular weight is 412 g/mol. The van der Waals surface area contributed by atoms with Gasteiger partial charge in [-0.15, -0.1) is 6.42 Å². The molecule has 0 spiro atoms. The Morgan fingerprint density at radius 2 is 1.58 bits per heavy atom. The van der Waals surface area contributed by atoms with Gasteiger partial charge in [-0.3, -0.25) is 19.6 Å². The summed E-state index contributed by atoms with van der Waals surface area (Å²) in [5.74, 6) is 18.4. The van der Waals surface area contributed by atoms with Crippen molar-refractivity contribution in [1.82, 2.24) is 10.8 Å². The molecule has 0 aliphatic heterocycles. The number of benzene rings is 1. The molecule has 0 bridgehead atoms. The van der Waals surface area contributed by atoms with Crippen LogP contribution in [0.4, 0.5) is 0 Å². The fourth-order valence-corrected chi connectivity index (χ4v) is 2.54. The maximum absolute atomic E-state index is 12.8. The Balaban J connectivity index is 2.99. The van der Waals surface area contributed by atoms with Crippen molar-refractivity contribution in [2.24, 2.45) is 11.8 Å². The molecular formula is C25H20N2O4. The summed E-state index contributed by atoms with van der Waals surface area (Å²) in [6.07, 6.45) is 4.82. The highest BCUT2D eigenvalue weighted by atomic mass is 16.5. The number of carbonyl (C=O) groups excluding carboxylic acids is 3. The van der Waals surface area contributed by atoms with Crippen molar-refractivity contribution in [3.8, 4) is 59.7 Å². The quantitative estimate of drug-likeness (QED) is 0.333. The van der Waals surface area contributed by atoms with Gasteiger partial charge >= 0.3 is 0 Å². The first-order valence-electron chi connectivity index (χ1n) is 9.19. The van der Waals surface area contributed by atoms with E-state index in [1.165, 1.54) is 12.5 Å². The molecule has 3 N–H and O–H groups in total. The minimum absolute atomic E-state index is 0.123. The highest BCUT2D eigenvalue weighted by molar-refractivity contribution is 5.92. The number of ketones is 1. The number of nitrogens with one attached hydrogen (secondary N) is 2. The normalized spacial score (nSPS) is 10.4. The molecule has 2 amide bonds. The summed E-state index contributed by atoms with van der Waals surface area (Å²) in [5, 5.41) is 11.3. The van der Waals surface area contributed by atoms with Crippen LogP contribution in [0, 0.1) is 71.5 Å². The van der Waals surface area contributed by atoms with E-state index in [0.29, 0.717) is 6.42 Å². The van der Waals surface area contributed by atoms with Crippen molar-refractivity contribution < 1.29 is 19.6 Å². The first kappa shape index (κ1) is 24.6. The molecular weight excluding hydrogens is 392 g/mol. The molecule has 0 aliphatic carbocycles. The van der Waals surface area contributed by atoms with Crippen LogP contribution < -0.4 is 10.8 Å². The van der Waals surface area contributed by atoms with E-state index in [2.05, 4.69) is 58.6 Å². The molecule has 0 radical (unpaired) electrons. The minimum atomic E-state index is -1.04. The number of hydrogen-bond acceptors (Lipinski definition) is 4. The monoisotopic (exact) mass is 412 g/mol. The van der Waals surface area contributed by atoms with Crippen LogP contribution in [-0.2, 0) is 20.8 Å². The lowest BCUT2D eigenvalue weighted by atomic mass is 9.88. The Morgan fingerprint density at radius 1 is 0.968 bits per heavy atom. The van der Waals surface area contributed by atoms with Crippen LogP contribution in [0.25, 0.3) is 0 Å². The standard InChI is InChI=1S/C25H20N2O4/c1-3-4-5-6-7-8-9-13-16-21(19-24(29)27-31)23(28)18-22(25(30)26-2)17-20-14-11-10-12-15-20/h1,10-12,14-15,21-22,31H,17-19H2,2H3,(H,26,30)(H,27,29)/t21-,22-/m1/s1. The molecule has 0 fully saturated rings. The number of terminal acetylenes is 1.